The average Bonchev–Trinajstić information content (AvgIpc) is 3.04. The number of nitrogens with one attached hydrogen (secondary N) is 1. The Bertz CT molecular complexity index is 1340. The van der Waals surface area contributed by atoms with Crippen molar-refractivity contribution in [3.8, 4) is 0 Å². The second kappa shape index (κ2) is 15.4. The SMILES string of the molecule is O=C(O)[C@H]1N[C@H](COCc2ccccc2)[C@@H](OCc2ccccc2)[C@H](OCc2ccccc2)[C@H]1OCc1ccccc1. The Morgan fingerprint density at radius 3 is 1.36 bits per heavy atom. The van der Waals surface area contributed by atoms with Gasteiger partial charge in [-0.15, -0.1) is 0 Å². The summed E-state index contributed by atoms with van der Waals surface area (Å²) in [5.74, 6) is -1.02. The van der Waals surface area contributed by atoms with Gasteiger partial charge in [0.1, 0.15) is 24.4 Å². The predicted molar refractivity (Wildman–Crippen MR) is 160 cm³/mol. The zero-order chi connectivity index (χ0) is 29.0. The van der Waals surface area contributed by atoms with E-state index in [1.54, 1.807) is 0 Å². The van der Waals surface area contributed by atoms with Crippen molar-refractivity contribution in [2.24, 2.45) is 0 Å². The number of benzene rings is 4. The highest BCUT2D eigenvalue weighted by atomic mass is 16.6. The van der Waals surface area contributed by atoms with E-state index in [2.05, 4.69) is 5.32 Å². The first-order chi connectivity index (χ1) is 20.7. The number of piperidine rings is 1. The summed E-state index contributed by atoms with van der Waals surface area (Å²) in [7, 11) is 0. The molecule has 1 heterocycles. The van der Waals surface area contributed by atoms with E-state index in [0.29, 0.717) is 13.2 Å². The lowest BCUT2D eigenvalue weighted by atomic mass is 9.89. The molecule has 0 radical (unpaired) electrons. The van der Waals surface area contributed by atoms with E-state index in [0.717, 1.165) is 22.3 Å². The van der Waals surface area contributed by atoms with Crippen molar-refractivity contribution in [1.29, 1.82) is 0 Å². The summed E-state index contributed by atoms with van der Waals surface area (Å²) >= 11 is 0. The van der Waals surface area contributed by atoms with E-state index >= 15 is 0 Å². The van der Waals surface area contributed by atoms with Crippen LogP contribution in [0.2, 0.25) is 0 Å². The molecule has 0 unspecified atom stereocenters. The largest absolute Gasteiger partial charge is 0.480 e. The molecule has 1 saturated heterocycles. The van der Waals surface area contributed by atoms with Crippen molar-refractivity contribution < 1.29 is 28.8 Å². The Kier molecular flexibility index (Phi) is 10.9. The van der Waals surface area contributed by atoms with E-state index in [1.165, 1.54) is 0 Å². The van der Waals surface area contributed by atoms with Crippen molar-refractivity contribution in [1.82, 2.24) is 5.32 Å². The molecule has 5 atom stereocenters. The number of carboxylic acid groups (broad SMARTS) is 1. The van der Waals surface area contributed by atoms with Gasteiger partial charge in [-0.1, -0.05) is 121 Å². The molecule has 4 aromatic rings. The number of carbonyl (C=O) groups is 1. The Labute approximate surface area is 247 Å². The molecule has 7 nitrogen and oxygen atoms in total. The molecular formula is C35H37NO6. The fourth-order valence-corrected chi connectivity index (χ4v) is 5.15. The Morgan fingerprint density at radius 2 is 0.929 bits per heavy atom. The standard InChI is InChI=1S/C35H37NO6/c37-35(38)31-33(41-23-28-17-9-3-10-18-28)34(42-24-29-19-11-4-12-20-29)32(40-22-27-15-7-2-8-16-27)30(36-31)25-39-21-26-13-5-1-6-14-26/h1-20,30-34,36H,21-25H2,(H,37,38)/t30-,31+,32-,33+,34+/m1/s1. The second-order valence-electron chi connectivity index (χ2n) is 10.4. The summed E-state index contributed by atoms with van der Waals surface area (Å²) in [4.78, 5) is 12.6. The number of hydrogen-bond acceptors (Lipinski definition) is 6. The lowest BCUT2D eigenvalue weighted by Gasteiger charge is -2.45. The molecule has 0 bridgehead atoms. The van der Waals surface area contributed by atoms with Gasteiger partial charge in [-0.05, 0) is 22.3 Å². The maximum atomic E-state index is 12.6. The molecule has 218 valence electrons. The van der Waals surface area contributed by atoms with Gasteiger partial charge in [0, 0.05) is 0 Å². The Morgan fingerprint density at radius 1 is 0.548 bits per heavy atom. The number of carboxylic acids is 1. The first-order valence-electron chi connectivity index (χ1n) is 14.2. The van der Waals surface area contributed by atoms with Gasteiger partial charge in [-0.2, -0.15) is 0 Å². The highest BCUT2D eigenvalue weighted by Crippen LogP contribution is 2.28. The molecule has 42 heavy (non-hydrogen) atoms. The van der Waals surface area contributed by atoms with Crippen LogP contribution in [0.15, 0.2) is 121 Å². The van der Waals surface area contributed by atoms with E-state index in [-0.39, 0.29) is 19.8 Å². The Hall–Kier alpha value is -3.85. The van der Waals surface area contributed by atoms with Gasteiger partial charge in [-0.25, -0.2) is 0 Å². The van der Waals surface area contributed by atoms with Crippen molar-refractivity contribution >= 4 is 5.97 Å². The first-order valence-corrected chi connectivity index (χ1v) is 14.2. The zero-order valence-corrected chi connectivity index (χ0v) is 23.5. The van der Waals surface area contributed by atoms with Gasteiger partial charge in [0.15, 0.2) is 0 Å². The summed E-state index contributed by atoms with van der Waals surface area (Å²) in [5.41, 5.74) is 3.96. The normalized spacial score (nSPS) is 22.0. The van der Waals surface area contributed by atoms with E-state index < -0.39 is 36.4 Å². The molecule has 0 spiro atoms. The second-order valence-corrected chi connectivity index (χ2v) is 10.4. The molecule has 7 heteroatoms. The van der Waals surface area contributed by atoms with E-state index in [9.17, 15) is 9.90 Å². The van der Waals surface area contributed by atoms with Crippen molar-refractivity contribution in [2.75, 3.05) is 6.61 Å². The summed E-state index contributed by atoms with van der Waals surface area (Å²) in [6.07, 6.45) is -2.07. The Balaban J connectivity index is 1.41. The van der Waals surface area contributed by atoms with Crippen molar-refractivity contribution in [3.05, 3.63) is 144 Å². The molecule has 4 aromatic carbocycles. The number of aliphatic carboxylic acids is 1. The van der Waals surface area contributed by atoms with Crippen LogP contribution < -0.4 is 5.32 Å². The van der Waals surface area contributed by atoms with Gasteiger partial charge < -0.3 is 24.1 Å². The van der Waals surface area contributed by atoms with Gasteiger partial charge in [0.2, 0.25) is 0 Å². The number of hydrogen-bond donors (Lipinski definition) is 2. The highest BCUT2D eigenvalue weighted by molar-refractivity contribution is 5.74. The predicted octanol–water partition coefficient (Wildman–Crippen LogP) is 5.38. The maximum Gasteiger partial charge on any atom is 0.323 e. The summed E-state index contributed by atoms with van der Waals surface area (Å²) < 4.78 is 25.6. The van der Waals surface area contributed by atoms with E-state index in [4.69, 9.17) is 18.9 Å². The minimum Gasteiger partial charge on any atom is -0.480 e. The third-order valence-corrected chi connectivity index (χ3v) is 7.30. The average molecular weight is 568 g/mol. The van der Waals surface area contributed by atoms with E-state index in [1.807, 2.05) is 121 Å². The number of rotatable bonds is 14. The molecule has 5 rings (SSSR count). The molecular weight excluding hydrogens is 530 g/mol. The van der Waals surface area contributed by atoms with Crippen molar-refractivity contribution in [3.63, 3.8) is 0 Å². The van der Waals surface area contributed by atoms with Crippen LogP contribution in [0.4, 0.5) is 0 Å². The minimum atomic E-state index is -1.03. The molecule has 0 amide bonds. The van der Waals surface area contributed by atoms with Gasteiger partial charge in [0.05, 0.1) is 39.1 Å². The molecule has 0 aromatic heterocycles. The third kappa shape index (κ3) is 8.35. The molecule has 1 aliphatic heterocycles. The van der Waals surface area contributed by atoms with Gasteiger partial charge in [0.25, 0.3) is 0 Å². The van der Waals surface area contributed by atoms with Crippen LogP contribution in [0.1, 0.15) is 22.3 Å². The summed E-state index contributed by atoms with van der Waals surface area (Å²) in [6.45, 7) is 1.48. The quantitative estimate of drug-likeness (QED) is 0.212. The first kappa shape index (κ1) is 29.6. The van der Waals surface area contributed by atoms with Crippen LogP contribution in [0, 0.1) is 0 Å². The summed E-state index contributed by atoms with van der Waals surface area (Å²) in [5, 5.41) is 13.6. The maximum absolute atomic E-state index is 12.6. The fourth-order valence-electron chi connectivity index (χ4n) is 5.15. The smallest absolute Gasteiger partial charge is 0.323 e. The highest BCUT2D eigenvalue weighted by Gasteiger charge is 2.49. The molecule has 0 saturated carbocycles. The van der Waals surface area contributed by atoms with Crippen LogP contribution >= 0.6 is 0 Å². The molecule has 1 aliphatic rings. The zero-order valence-electron chi connectivity index (χ0n) is 23.5. The van der Waals surface area contributed by atoms with Crippen LogP contribution in [0.5, 0.6) is 0 Å². The van der Waals surface area contributed by atoms with Gasteiger partial charge in [-0.3, -0.25) is 10.1 Å². The topological polar surface area (TPSA) is 86.3 Å². The van der Waals surface area contributed by atoms with Crippen LogP contribution in [0.3, 0.4) is 0 Å². The third-order valence-electron chi connectivity index (χ3n) is 7.30. The van der Waals surface area contributed by atoms with Crippen LogP contribution in [-0.4, -0.2) is 48.1 Å². The molecule has 2 N–H and O–H groups in total. The minimum absolute atomic E-state index is 0.231. The monoisotopic (exact) mass is 567 g/mol. The fraction of sp³-hybridized carbons (Fsp3) is 0.286. The van der Waals surface area contributed by atoms with Gasteiger partial charge >= 0.3 is 5.97 Å². The molecule has 1 fully saturated rings. The van der Waals surface area contributed by atoms with Crippen LogP contribution in [-0.2, 0) is 50.2 Å². The van der Waals surface area contributed by atoms with Crippen LogP contribution in [0.25, 0.3) is 0 Å². The summed E-state index contributed by atoms with van der Waals surface area (Å²) in [6, 6.07) is 37.8. The lowest BCUT2D eigenvalue weighted by molar-refractivity contribution is -0.200. The van der Waals surface area contributed by atoms with Crippen molar-refractivity contribution in [2.45, 2.75) is 56.8 Å². The number of ether oxygens (including phenoxy) is 4. The lowest BCUT2D eigenvalue weighted by Crippen LogP contribution is -2.69. The molecule has 0 aliphatic carbocycles.